The van der Waals surface area contributed by atoms with E-state index in [0.717, 1.165) is 42.1 Å². The molecule has 0 radical (unpaired) electrons. The first kappa shape index (κ1) is 19.9. The highest BCUT2D eigenvalue weighted by atomic mass is 16.5. The molecule has 0 aliphatic carbocycles. The number of anilines is 1. The number of benzene rings is 2. The Hall–Kier alpha value is -3.41. The first-order chi connectivity index (χ1) is 14.5. The van der Waals surface area contributed by atoms with Gasteiger partial charge in [-0.3, -0.25) is 9.59 Å². The Labute approximate surface area is 175 Å². The van der Waals surface area contributed by atoms with Gasteiger partial charge in [0, 0.05) is 25.6 Å². The van der Waals surface area contributed by atoms with Crippen LogP contribution in [0, 0.1) is 0 Å². The lowest BCUT2D eigenvalue weighted by Gasteiger charge is -2.32. The predicted octanol–water partition coefficient (Wildman–Crippen LogP) is 3.72. The molecule has 2 amide bonds. The molecule has 0 aromatic heterocycles. The Kier molecular flexibility index (Phi) is 5.40. The summed E-state index contributed by atoms with van der Waals surface area (Å²) in [6.45, 7) is 3.08. The van der Waals surface area contributed by atoms with Gasteiger partial charge in [-0.15, -0.1) is 0 Å². The van der Waals surface area contributed by atoms with Crippen LogP contribution in [0.1, 0.15) is 47.7 Å². The van der Waals surface area contributed by atoms with Gasteiger partial charge in [0.2, 0.25) is 5.91 Å². The third kappa shape index (κ3) is 3.38. The van der Waals surface area contributed by atoms with Crippen LogP contribution < -0.4 is 4.90 Å². The molecule has 2 aromatic carbocycles. The number of imide groups is 1. The number of esters is 1. The molecule has 0 atom stereocenters. The van der Waals surface area contributed by atoms with Crippen LogP contribution in [0.4, 0.5) is 5.69 Å². The number of carbonyl (C=O) groups is 3. The van der Waals surface area contributed by atoms with E-state index < -0.39 is 5.97 Å². The summed E-state index contributed by atoms with van der Waals surface area (Å²) >= 11 is 0. The number of ether oxygens (including phenoxy) is 1. The zero-order valence-electron chi connectivity index (χ0n) is 17.2. The van der Waals surface area contributed by atoms with E-state index in [-0.39, 0.29) is 11.8 Å². The minimum atomic E-state index is -0.509. The summed E-state index contributed by atoms with van der Waals surface area (Å²) < 4.78 is 4.81. The van der Waals surface area contributed by atoms with E-state index in [9.17, 15) is 14.4 Å². The molecule has 2 heterocycles. The number of hydrogen-bond acceptors (Lipinski definition) is 5. The van der Waals surface area contributed by atoms with Crippen molar-refractivity contribution in [1.82, 2.24) is 4.90 Å². The normalized spacial score (nSPS) is 17.6. The van der Waals surface area contributed by atoms with Crippen LogP contribution in [-0.2, 0) is 14.3 Å². The van der Waals surface area contributed by atoms with Gasteiger partial charge in [0.1, 0.15) is 0 Å². The Morgan fingerprint density at radius 3 is 2.27 bits per heavy atom. The molecular formula is C24H24N2O4. The number of fused-ring (bicyclic) bond motifs is 1. The second-order valence-electron chi connectivity index (χ2n) is 7.52. The minimum absolute atomic E-state index is 0.302. The van der Waals surface area contributed by atoms with Crippen LogP contribution in [0.3, 0.4) is 0 Å². The third-order valence-corrected chi connectivity index (χ3v) is 5.62. The highest BCUT2D eigenvalue weighted by Crippen LogP contribution is 2.43. The monoisotopic (exact) mass is 404 g/mol. The van der Waals surface area contributed by atoms with Crippen LogP contribution in [-0.4, -0.2) is 42.9 Å². The van der Waals surface area contributed by atoms with Crippen LogP contribution >= 0.6 is 0 Å². The molecule has 0 N–H and O–H groups in total. The molecule has 0 unspecified atom stereocenters. The number of rotatable bonds is 3. The fourth-order valence-electron chi connectivity index (χ4n) is 4.25. The fourth-order valence-corrected chi connectivity index (χ4v) is 4.25. The molecule has 4 rings (SSSR count). The first-order valence-electron chi connectivity index (χ1n) is 10.2. The molecule has 6 nitrogen and oxygen atoms in total. The van der Waals surface area contributed by atoms with E-state index in [1.165, 1.54) is 20.5 Å². The maximum Gasteiger partial charge on any atom is 0.337 e. The molecule has 1 saturated heterocycles. The fraction of sp³-hybridized carbons (Fsp3) is 0.292. The number of hydrogen-bond donors (Lipinski definition) is 0. The SMILES string of the molecule is COC(=O)c1ccc2c(c1)N(C(C)=O)C(=O)/C2=C(/c1ccccc1)N1CCCCC1. The van der Waals surface area contributed by atoms with Gasteiger partial charge in [-0.2, -0.15) is 0 Å². The summed E-state index contributed by atoms with van der Waals surface area (Å²) in [4.78, 5) is 41.3. The van der Waals surface area contributed by atoms with Crippen LogP contribution in [0.2, 0.25) is 0 Å². The van der Waals surface area contributed by atoms with Crippen molar-refractivity contribution in [1.29, 1.82) is 0 Å². The van der Waals surface area contributed by atoms with Gasteiger partial charge in [-0.25, -0.2) is 9.69 Å². The number of amides is 2. The largest absolute Gasteiger partial charge is 0.465 e. The van der Waals surface area contributed by atoms with Crippen molar-refractivity contribution < 1.29 is 19.1 Å². The van der Waals surface area contributed by atoms with E-state index in [1.807, 2.05) is 30.3 Å². The number of carbonyl (C=O) groups excluding carboxylic acids is 3. The lowest BCUT2D eigenvalue weighted by atomic mass is 9.97. The van der Waals surface area contributed by atoms with Gasteiger partial charge in [-0.05, 0) is 37.0 Å². The Morgan fingerprint density at radius 1 is 0.933 bits per heavy atom. The molecule has 6 heteroatoms. The van der Waals surface area contributed by atoms with Crippen molar-refractivity contribution in [3.8, 4) is 0 Å². The van der Waals surface area contributed by atoms with Crippen molar-refractivity contribution in [2.24, 2.45) is 0 Å². The average molecular weight is 404 g/mol. The topological polar surface area (TPSA) is 66.9 Å². The van der Waals surface area contributed by atoms with Crippen molar-refractivity contribution in [2.45, 2.75) is 26.2 Å². The molecule has 0 spiro atoms. The van der Waals surface area contributed by atoms with Crippen LogP contribution in [0.5, 0.6) is 0 Å². The highest BCUT2D eigenvalue weighted by molar-refractivity contribution is 6.43. The second kappa shape index (κ2) is 8.14. The Morgan fingerprint density at radius 2 is 1.63 bits per heavy atom. The average Bonchev–Trinajstić information content (AvgIpc) is 3.06. The van der Waals surface area contributed by atoms with Gasteiger partial charge in [0.25, 0.3) is 5.91 Å². The van der Waals surface area contributed by atoms with E-state index in [4.69, 9.17) is 4.74 Å². The maximum absolute atomic E-state index is 13.5. The molecular weight excluding hydrogens is 380 g/mol. The van der Waals surface area contributed by atoms with Crippen molar-refractivity contribution >= 4 is 34.7 Å². The van der Waals surface area contributed by atoms with E-state index in [1.54, 1.807) is 18.2 Å². The van der Waals surface area contributed by atoms with Crippen molar-refractivity contribution in [3.05, 3.63) is 65.2 Å². The minimum Gasteiger partial charge on any atom is -0.465 e. The van der Waals surface area contributed by atoms with E-state index in [2.05, 4.69) is 4.90 Å². The van der Waals surface area contributed by atoms with E-state index >= 15 is 0 Å². The Balaban J connectivity index is 1.97. The van der Waals surface area contributed by atoms with E-state index in [0.29, 0.717) is 22.4 Å². The third-order valence-electron chi connectivity index (χ3n) is 5.62. The molecule has 2 aromatic rings. The van der Waals surface area contributed by atoms with Crippen LogP contribution in [0.15, 0.2) is 48.5 Å². The van der Waals surface area contributed by atoms with Crippen molar-refractivity contribution in [3.63, 3.8) is 0 Å². The first-order valence-corrected chi connectivity index (χ1v) is 10.2. The molecule has 30 heavy (non-hydrogen) atoms. The summed E-state index contributed by atoms with van der Waals surface area (Å²) in [6, 6.07) is 14.8. The van der Waals surface area contributed by atoms with Gasteiger partial charge < -0.3 is 9.64 Å². The quantitative estimate of drug-likeness (QED) is 0.576. The molecule has 0 saturated carbocycles. The standard InChI is InChI=1S/C24H24N2O4/c1-16(27)26-20-15-18(24(29)30-2)11-12-19(20)21(23(26)28)22(17-9-5-3-6-10-17)25-13-7-4-8-14-25/h3,5-6,9-12,15H,4,7-8,13-14H2,1-2H3/b22-21-. The second-order valence-corrected chi connectivity index (χ2v) is 7.52. The smallest absolute Gasteiger partial charge is 0.337 e. The zero-order chi connectivity index (χ0) is 21.3. The van der Waals surface area contributed by atoms with Crippen LogP contribution in [0.25, 0.3) is 11.3 Å². The van der Waals surface area contributed by atoms with Gasteiger partial charge in [0.05, 0.1) is 29.6 Å². The summed E-state index contributed by atoms with van der Waals surface area (Å²) in [7, 11) is 1.30. The number of nitrogens with zero attached hydrogens (tertiary/aromatic N) is 2. The predicted molar refractivity (Wildman–Crippen MR) is 115 cm³/mol. The number of methoxy groups -OCH3 is 1. The zero-order valence-corrected chi connectivity index (χ0v) is 17.2. The summed E-state index contributed by atoms with van der Waals surface area (Å²) in [5.74, 6) is -1.25. The van der Waals surface area contributed by atoms with Gasteiger partial charge in [-0.1, -0.05) is 36.4 Å². The number of piperidine rings is 1. The summed E-state index contributed by atoms with van der Waals surface area (Å²) in [5, 5.41) is 0. The lowest BCUT2D eigenvalue weighted by molar-refractivity contribution is -0.122. The van der Waals surface area contributed by atoms with Crippen molar-refractivity contribution in [2.75, 3.05) is 25.1 Å². The van der Waals surface area contributed by atoms with Gasteiger partial charge >= 0.3 is 5.97 Å². The lowest BCUT2D eigenvalue weighted by Crippen LogP contribution is -2.33. The maximum atomic E-state index is 13.5. The Bertz CT molecular complexity index is 1040. The highest BCUT2D eigenvalue weighted by Gasteiger charge is 2.39. The molecule has 1 fully saturated rings. The number of likely N-dealkylation sites (tertiary alicyclic amines) is 1. The molecule has 0 bridgehead atoms. The summed E-state index contributed by atoms with van der Waals surface area (Å²) in [5.41, 5.74) is 3.68. The molecule has 154 valence electrons. The summed E-state index contributed by atoms with van der Waals surface area (Å²) in [6.07, 6.45) is 3.28. The van der Waals surface area contributed by atoms with Gasteiger partial charge in [0.15, 0.2) is 0 Å². The molecule has 2 aliphatic rings. The molecule has 2 aliphatic heterocycles.